The molecule has 7 aromatic carbocycles. The summed E-state index contributed by atoms with van der Waals surface area (Å²) in [6, 6.07) is 57.0. The maximum absolute atomic E-state index is 12.7. The van der Waals surface area contributed by atoms with Crippen LogP contribution >= 0.6 is 0 Å². The number of hydrogen-bond donors (Lipinski definition) is 0. The fourth-order valence-corrected chi connectivity index (χ4v) is 9.16. The molecule has 0 aliphatic rings. The smallest absolute Gasteiger partial charge is 0.458 e. The first-order valence-electron chi connectivity index (χ1n) is 27.2. The van der Waals surface area contributed by atoms with E-state index in [1.165, 1.54) is 46.5 Å². The summed E-state index contributed by atoms with van der Waals surface area (Å²) < 4.78 is 31.3. The Hall–Kier alpha value is -9.18. The number of rotatable bonds is 26. The zero-order chi connectivity index (χ0) is 58.7. The van der Waals surface area contributed by atoms with Gasteiger partial charge in [0.2, 0.25) is 0 Å². The molecule has 0 N–H and O–H groups in total. The van der Waals surface area contributed by atoms with Crippen LogP contribution in [0.4, 0.5) is 43.7 Å². The number of carbonyl (C=O) groups is 4. The van der Waals surface area contributed by atoms with Crippen molar-refractivity contribution >= 4 is 58.4 Å². The van der Waals surface area contributed by atoms with Crippen molar-refractivity contribution in [2.75, 3.05) is 153 Å². The van der Waals surface area contributed by atoms with Gasteiger partial charge in [-0.05, 0) is 130 Å². The fourth-order valence-electron chi connectivity index (χ4n) is 9.16. The highest BCUT2D eigenvalue weighted by Crippen LogP contribution is 2.36. The van der Waals surface area contributed by atoms with Crippen molar-refractivity contribution in [3.05, 3.63) is 214 Å². The number of nitrogens with zero attached hydrogens (tertiary/aromatic N) is 6. The molecule has 16 heteroatoms. The highest BCUT2D eigenvalue weighted by molar-refractivity contribution is 5.93. The van der Waals surface area contributed by atoms with E-state index in [1.807, 2.05) is 80.3 Å². The number of anilines is 6. The molecule has 0 aliphatic heterocycles. The topological polar surface area (TPSA) is 143 Å². The van der Waals surface area contributed by atoms with Crippen molar-refractivity contribution in [3.8, 4) is 0 Å². The Morgan fingerprint density at radius 2 is 0.488 bits per heavy atom. The van der Waals surface area contributed by atoms with E-state index in [0.717, 1.165) is 45.3 Å². The molecular formula is C66H76N6O10. The van der Waals surface area contributed by atoms with Crippen LogP contribution in [0, 0.1) is 0 Å². The third-order valence-corrected chi connectivity index (χ3v) is 14.0. The molecule has 0 amide bonds. The molecule has 0 aliphatic carbocycles. The Morgan fingerprint density at radius 1 is 0.280 bits per heavy atom. The van der Waals surface area contributed by atoms with E-state index < -0.39 is 24.2 Å². The summed E-state index contributed by atoms with van der Waals surface area (Å²) in [7, 11) is 20.1. The maximum Gasteiger partial charge on any atom is 0.508 e. The molecule has 0 aromatic heterocycles. The van der Waals surface area contributed by atoms with Gasteiger partial charge in [0, 0.05) is 116 Å². The number of carbonyl (C=O) groups excluding carboxylic acids is 4. The van der Waals surface area contributed by atoms with Crippen LogP contribution in [0.3, 0.4) is 0 Å². The third-order valence-electron chi connectivity index (χ3n) is 14.0. The van der Waals surface area contributed by atoms with Crippen LogP contribution < -0.4 is 29.4 Å². The van der Waals surface area contributed by atoms with E-state index in [9.17, 15) is 19.2 Å². The summed E-state index contributed by atoms with van der Waals surface area (Å²) in [5, 5.41) is 0. The Labute approximate surface area is 482 Å². The van der Waals surface area contributed by atoms with Gasteiger partial charge in [0.15, 0.2) is 0 Å². The molecule has 0 fully saturated rings. The summed E-state index contributed by atoms with van der Waals surface area (Å²) in [5.41, 5.74) is 13.8. The highest BCUT2D eigenvalue weighted by Gasteiger charge is 2.21. The van der Waals surface area contributed by atoms with E-state index in [4.69, 9.17) is 28.4 Å². The molecule has 0 radical (unpaired) electrons. The fraction of sp³-hybridized carbons (Fsp3) is 0.303. The minimum atomic E-state index is -0.884. The van der Waals surface area contributed by atoms with Crippen molar-refractivity contribution in [2.45, 2.75) is 11.8 Å². The molecule has 0 saturated carbocycles. The average molecular weight is 1110 g/mol. The number of likely N-dealkylation sites (N-methyl/N-ethyl adjacent to an activating group) is 2. The van der Waals surface area contributed by atoms with Crippen molar-refractivity contribution in [3.63, 3.8) is 0 Å². The van der Waals surface area contributed by atoms with Crippen LogP contribution in [0.5, 0.6) is 0 Å². The second-order valence-electron chi connectivity index (χ2n) is 20.6. The molecule has 0 unspecified atom stereocenters. The second kappa shape index (κ2) is 29.3. The van der Waals surface area contributed by atoms with Gasteiger partial charge in [-0.3, -0.25) is 0 Å². The maximum atomic E-state index is 12.7. The van der Waals surface area contributed by atoms with Crippen LogP contribution in [0.15, 0.2) is 170 Å². The Morgan fingerprint density at radius 3 is 0.720 bits per heavy atom. The predicted octanol–water partition coefficient (Wildman–Crippen LogP) is 11.2. The second-order valence-corrected chi connectivity index (χ2v) is 20.6. The summed E-state index contributed by atoms with van der Waals surface area (Å²) in [4.78, 5) is 62.4. The van der Waals surface area contributed by atoms with Crippen molar-refractivity contribution in [2.24, 2.45) is 0 Å². The first-order valence-corrected chi connectivity index (χ1v) is 27.2. The molecule has 0 heterocycles. The largest absolute Gasteiger partial charge is 0.508 e. The zero-order valence-corrected chi connectivity index (χ0v) is 48.7. The number of benzene rings is 7. The molecule has 16 nitrogen and oxygen atoms in total. The molecule has 0 spiro atoms. The zero-order valence-electron chi connectivity index (χ0n) is 48.7. The van der Waals surface area contributed by atoms with E-state index in [-0.39, 0.29) is 62.6 Å². The molecular weight excluding hydrogens is 1040 g/mol. The van der Waals surface area contributed by atoms with Gasteiger partial charge >= 0.3 is 24.2 Å². The van der Waals surface area contributed by atoms with E-state index in [2.05, 4.69) is 165 Å². The first-order chi connectivity index (χ1) is 39.4. The average Bonchev–Trinajstić information content (AvgIpc) is 3.51. The van der Waals surface area contributed by atoms with Crippen LogP contribution in [0.1, 0.15) is 65.9 Å². The van der Waals surface area contributed by atoms with Crippen molar-refractivity contribution in [1.29, 1.82) is 0 Å². The quantitative estimate of drug-likeness (QED) is 0.0219. The number of hydrogen-bond acceptors (Lipinski definition) is 16. The summed E-state index contributed by atoms with van der Waals surface area (Å²) in [6.45, 7) is 0.131. The predicted molar refractivity (Wildman–Crippen MR) is 326 cm³/mol. The lowest BCUT2D eigenvalue weighted by Crippen LogP contribution is -2.24. The monoisotopic (exact) mass is 1110 g/mol. The van der Waals surface area contributed by atoms with Crippen molar-refractivity contribution < 1.29 is 47.6 Å². The molecule has 7 rings (SSSR count). The van der Waals surface area contributed by atoms with Crippen molar-refractivity contribution in [1.82, 2.24) is 0 Å². The minimum Gasteiger partial charge on any atom is -0.458 e. The summed E-state index contributed by atoms with van der Waals surface area (Å²) >= 11 is 0. The lowest BCUT2D eigenvalue weighted by Gasteiger charge is -2.23. The molecule has 0 atom stereocenters. The normalized spacial score (nSPS) is 10.9. The van der Waals surface area contributed by atoms with Gasteiger partial charge in [0.25, 0.3) is 0 Å². The van der Waals surface area contributed by atoms with E-state index in [1.54, 1.807) is 0 Å². The van der Waals surface area contributed by atoms with E-state index >= 15 is 0 Å². The highest BCUT2D eigenvalue weighted by atomic mass is 16.7. The SMILES string of the molecule is CN(C)c1ccc(C(c2ccc(N(C)C)cc2)c2ccc(N(C)CCOC(=O)OCCOC(=O)c3ccc(C(=O)OCCOC(=O)OCCN(C)c4ccc(C(c5ccc(N(C)C)cc5)c5ccc(N(C)C)cc5)cc4)cc3)cc2)cc1. The van der Waals surface area contributed by atoms with Crippen LogP contribution in [-0.4, -0.2) is 147 Å². The first kappa shape index (κ1) is 60.5. The van der Waals surface area contributed by atoms with Crippen LogP contribution in [0.25, 0.3) is 0 Å². The van der Waals surface area contributed by atoms with Crippen LogP contribution in [-0.2, 0) is 28.4 Å². The van der Waals surface area contributed by atoms with Gasteiger partial charge in [-0.2, -0.15) is 0 Å². The van der Waals surface area contributed by atoms with Gasteiger partial charge in [-0.15, -0.1) is 0 Å². The van der Waals surface area contributed by atoms with E-state index in [0.29, 0.717) is 13.1 Å². The molecule has 430 valence electrons. The standard InChI is InChI=1S/C66H76N6O10/c1-67(2)55-27-15-47(16-28-55)61(48-17-29-56(30-18-48)68(3)4)51-23-35-59(36-24-51)71(9)39-41-79-65(75)81-45-43-77-63(73)53-11-13-54(14-12-53)64(74)78-44-46-82-66(76)80-42-40-72(10)60-37-25-52(26-38-60)62(49-19-31-57(32-20-49)69(5)6)50-21-33-58(34-22-50)70(7)8/h11-38,61-62H,39-46H2,1-10H3. The Kier molecular flexibility index (Phi) is 21.6. The lowest BCUT2D eigenvalue weighted by atomic mass is 9.85. The number of esters is 2. The third kappa shape index (κ3) is 16.9. The van der Waals surface area contributed by atoms with Gasteiger partial charge in [0.1, 0.15) is 39.6 Å². The molecule has 7 aromatic rings. The van der Waals surface area contributed by atoms with Gasteiger partial charge < -0.3 is 57.8 Å². The molecule has 0 bridgehead atoms. The van der Waals surface area contributed by atoms with Gasteiger partial charge in [-0.1, -0.05) is 72.8 Å². The number of ether oxygens (including phenoxy) is 6. The summed E-state index contributed by atoms with van der Waals surface area (Å²) in [6.07, 6.45) is -1.77. The molecule has 0 saturated heterocycles. The molecule has 82 heavy (non-hydrogen) atoms. The lowest BCUT2D eigenvalue weighted by molar-refractivity contribution is 0.0234. The minimum absolute atomic E-state index is 0.0287. The Bertz CT molecular complexity index is 2820. The Balaban J connectivity index is 0.762. The van der Waals surface area contributed by atoms with Gasteiger partial charge in [0.05, 0.1) is 24.2 Å². The van der Waals surface area contributed by atoms with Gasteiger partial charge in [-0.25, -0.2) is 19.2 Å². The summed E-state index contributed by atoms with van der Waals surface area (Å²) in [5.74, 6) is -1.29. The van der Waals surface area contributed by atoms with Crippen LogP contribution in [0.2, 0.25) is 0 Å².